The Morgan fingerprint density at radius 3 is 2.62 bits per heavy atom. The normalized spacial score (nSPS) is 11.3. The number of para-hydroxylation sites is 2. The van der Waals surface area contributed by atoms with Gasteiger partial charge in [-0.3, -0.25) is 9.38 Å². The Morgan fingerprint density at radius 1 is 1.00 bits per heavy atom. The van der Waals surface area contributed by atoms with Crippen molar-refractivity contribution in [3.05, 3.63) is 60.5 Å². The maximum Gasteiger partial charge on any atom is 0.224 e. The van der Waals surface area contributed by atoms with Crippen LogP contribution in [0.2, 0.25) is 0 Å². The Balaban J connectivity index is 2.12. The molecule has 0 bridgehead atoms. The number of imidazole rings is 1. The molecule has 0 saturated carbocycles. The Labute approximate surface area is 119 Å². The average molecular weight is 279 g/mol. The van der Waals surface area contributed by atoms with Crippen LogP contribution in [-0.4, -0.2) is 19.5 Å². The molecule has 0 aliphatic carbocycles. The number of aromatic nitrogens is 3. The molecule has 0 amide bonds. The van der Waals surface area contributed by atoms with Crippen LogP contribution < -0.4 is 0 Å². The lowest BCUT2D eigenvalue weighted by atomic mass is 10.1. The van der Waals surface area contributed by atoms with E-state index in [0.717, 1.165) is 11.0 Å². The Hall–Kier alpha value is -2.95. The minimum absolute atomic E-state index is 0.0892. The zero-order chi connectivity index (χ0) is 14.4. The van der Waals surface area contributed by atoms with Crippen LogP contribution >= 0.6 is 0 Å². The zero-order valence-corrected chi connectivity index (χ0v) is 10.9. The van der Waals surface area contributed by atoms with E-state index < -0.39 is 5.82 Å². The summed E-state index contributed by atoms with van der Waals surface area (Å²) in [6.07, 6.45) is 1.56. The Morgan fingerprint density at radius 2 is 1.76 bits per heavy atom. The lowest BCUT2D eigenvalue weighted by Gasteiger charge is -2.02. The number of rotatable bonds is 1. The highest BCUT2D eigenvalue weighted by molar-refractivity contribution is 5.81. The van der Waals surface area contributed by atoms with E-state index in [1.165, 1.54) is 6.07 Å². The topological polar surface area (TPSA) is 50.4 Å². The third-order valence-electron chi connectivity index (χ3n) is 3.45. The number of benzene rings is 2. The number of hydrogen-bond donors (Lipinski definition) is 1. The van der Waals surface area contributed by atoms with Crippen LogP contribution in [0.3, 0.4) is 0 Å². The van der Waals surface area contributed by atoms with E-state index in [-0.39, 0.29) is 17.1 Å². The Bertz CT molecular complexity index is 978. The molecule has 0 atom stereocenters. The summed E-state index contributed by atoms with van der Waals surface area (Å²) in [6, 6.07) is 13.6. The van der Waals surface area contributed by atoms with E-state index in [0.29, 0.717) is 5.65 Å². The predicted octanol–water partition coefficient (Wildman–Crippen LogP) is 3.39. The van der Waals surface area contributed by atoms with Gasteiger partial charge in [0, 0.05) is 5.56 Å². The van der Waals surface area contributed by atoms with Gasteiger partial charge in [-0.05, 0) is 24.3 Å². The highest BCUT2D eigenvalue weighted by Crippen LogP contribution is 2.32. The molecule has 0 spiro atoms. The van der Waals surface area contributed by atoms with E-state index >= 15 is 0 Å². The molecule has 0 aliphatic rings. The van der Waals surface area contributed by atoms with Gasteiger partial charge >= 0.3 is 0 Å². The van der Waals surface area contributed by atoms with Crippen molar-refractivity contribution >= 4 is 16.7 Å². The van der Waals surface area contributed by atoms with Crippen molar-refractivity contribution in [2.75, 3.05) is 0 Å². The smallest absolute Gasteiger partial charge is 0.224 e. The number of aromatic hydroxyl groups is 1. The molecule has 0 fully saturated rings. The summed E-state index contributed by atoms with van der Waals surface area (Å²) in [7, 11) is 0. The summed E-state index contributed by atoms with van der Waals surface area (Å²) in [5.41, 5.74) is 2.42. The van der Waals surface area contributed by atoms with Crippen molar-refractivity contribution in [3.8, 4) is 17.1 Å². The van der Waals surface area contributed by atoms with Gasteiger partial charge in [-0.1, -0.05) is 24.3 Å². The molecule has 1 N–H and O–H groups in total. The summed E-state index contributed by atoms with van der Waals surface area (Å²) in [5.74, 6) is -0.512. The van der Waals surface area contributed by atoms with Crippen molar-refractivity contribution < 1.29 is 9.50 Å². The lowest BCUT2D eigenvalue weighted by Crippen LogP contribution is -1.90. The van der Waals surface area contributed by atoms with Crippen molar-refractivity contribution in [3.63, 3.8) is 0 Å². The minimum atomic E-state index is -0.423. The van der Waals surface area contributed by atoms with Crippen LogP contribution in [-0.2, 0) is 0 Å². The van der Waals surface area contributed by atoms with Gasteiger partial charge in [-0.15, -0.1) is 0 Å². The van der Waals surface area contributed by atoms with Gasteiger partial charge in [0.15, 0.2) is 5.65 Å². The second-order valence-electron chi connectivity index (χ2n) is 4.70. The van der Waals surface area contributed by atoms with Crippen molar-refractivity contribution in [2.45, 2.75) is 0 Å². The molecular formula is C16H10FN3O. The SMILES string of the molecule is Oc1c(-c2ccccc2F)nc2cnc3ccccc3n12. The van der Waals surface area contributed by atoms with Gasteiger partial charge in [0.25, 0.3) is 0 Å². The molecule has 0 radical (unpaired) electrons. The highest BCUT2D eigenvalue weighted by Gasteiger charge is 2.17. The van der Waals surface area contributed by atoms with E-state index in [4.69, 9.17) is 0 Å². The van der Waals surface area contributed by atoms with E-state index in [9.17, 15) is 9.50 Å². The molecule has 0 saturated heterocycles. The zero-order valence-electron chi connectivity index (χ0n) is 10.9. The van der Waals surface area contributed by atoms with Gasteiger partial charge in [-0.25, -0.2) is 9.37 Å². The molecule has 5 heteroatoms. The van der Waals surface area contributed by atoms with E-state index in [2.05, 4.69) is 9.97 Å². The van der Waals surface area contributed by atoms with Crippen molar-refractivity contribution in [2.24, 2.45) is 0 Å². The summed E-state index contributed by atoms with van der Waals surface area (Å²) in [4.78, 5) is 8.60. The van der Waals surface area contributed by atoms with Gasteiger partial charge < -0.3 is 5.11 Å². The first-order valence-electron chi connectivity index (χ1n) is 6.46. The lowest BCUT2D eigenvalue weighted by molar-refractivity contribution is 0.452. The number of nitrogens with zero attached hydrogens (tertiary/aromatic N) is 3. The van der Waals surface area contributed by atoms with Crippen molar-refractivity contribution in [1.29, 1.82) is 0 Å². The molecule has 0 unspecified atom stereocenters. The summed E-state index contributed by atoms with van der Waals surface area (Å²) in [6.45, 7) is 0. The third kappa shape index (κ3) is 1.67. The number of fused-ring (bicyclic) bond motifs is 3. The predicted molar refractivity (Wildman–Crippen MR) is 77.6 cm³/mol. The standard InChI is InChI=1S/C16H10FN3O/c17-11-6-2-1-5-10(11)15-16(21)20-13-8-4-3-7-12(13)18-9-14(20)19-15/h1-9,21H. The molecule has 4 nitrogen and oxygen atoms in total. The monoisotopic (exact) mass is 279 g/mol. The van der Waals surface area contributed by atoms with Crippen LogP contribution in [0.15, 0.2) is 54.7 Å². The first-order chi connectivity index (χ1) is 10.3. The molecular weight excluding hydrogens is 269 g/mol. The average Bonchev–Trinajstić information content (AvgIpc) is 2.85. The minimum Gasteiger partial charge on any atom is -0.493 e. The quantitative estimate of drug-likeness (QED) is 0.581. The van der Waals surface area contributed by atoms with Gasteiger partial charge in [0.1, 0.15) is 11.5 Å². The van der Waals surface area contributed by atoms with Gasteiger partial charge in [0.2, 0.25) is 5.88 Å². The highest BCUT2D eigenvalue weighted by atomic mass is 19.1. The van der Waals surface area contributed by atoms with Crippen LogP contribution in [0, 0.1) is 5.82 Å². The largest absolute Gasteiger partial charge is 0.493 e. The van der Waals surface area contributed by atoms with Crippen LogP contribution in [0.1, 0.15) is 0 Å². The fourth-order valence-electron chi connectivity index (χ4n) is 2.48. The molecule has 2 heterocycles. The Kier molecular flexibility index (Phi) is 2.41. The first-order valence-corrected chi connectivity index (χ1v) is 6.46. The molecule has 102 valence electrons. The maximum absolute atomic E-state index is 13.9. The molecule has 2 aromatic heterocycles. The molecule has 4 rings (SSSR count). The fourth-order valence-corrected chi connectivity index (χ4v) is 2.48. The fraction of sp³-hybridized carbons (Fsp3) is 0. The van der Waals surface area contributed by atoms with Gasteiger partial charge in [-0.2, -0.15) is 0 Å². The maximum atomic E-state index is 13.9. The summed E-state index contributed by atoms with van der Waals surface area (Å²) < 4.78 is 15.5. The van der Waals surface area contributed by atoms with Crippen molar-refractivity contribution in [1.82, 2.24) is 14.4 Å². The van der Waals surface area contributed by atoms with Crippen LogP contribution in [0.5, 0.6) is 5.88 Å². The number of hydrogen-bond acceptors (Lipinski definition) is 3. The molecule has 2 aromatic carbocycles. The van der Waals surface area contributed by atoms with E-state index in [1.807, 2.05) is 24.3 Å². The molecule has 21 heavy (non-hydrogen) atoms. The number of halogens is 1. The van der Waals surface area contributed by atoms with Crippen LogP contribution in [0.4, 0.5) is 4.39 Å². The second-order valence-corrected chi connectivity index (χ2v) is 4.70. The third-order valence-corrected chi connectivity index (χ3v) is 3.45. The van der Waals surface area contributed by atoms with E-state index in [1.54, 1.807) is 28.8 Å². The molecule has 0 aliphatic heterocycles. The summed E-state index contributed by atoms with van der Waals surface area (Å²) >= 11 is 0. The van der Waals surface area contributed by atoms with Gasteiger partial charge in [0.05, 0.1) is 17.2 Å². The van der Waals surface area contributed by atoms with Crippen LogP contribution in [0.25, 0.3) is 27.9 Å². The molecule has 4 aromatic rings. The first kappa shape index (κ1) is 11.8. The summed E-state index contributed by atoms with van der Waals surface area (Å²) in [5, 5.41) is 10.5. The second kappa shape index (κ2) is 4.28.